The predicted molar refractivity (Wildman–Crippen MR) is 79.9 cm³/mol. The largest absolute Gasteiger partial charge is 0.350 e. The Labute approximate surface area is 124 Å². The quantitative estimate of drug-likeness (QED) is 0.866. The Balaban J connectivity index is 2.01. The fraction of sp³-hybridized carbons (Fsp3) is 0.533. The average Bonchev–Trinajstić information content (AvgIpc) is 2.46. The second-order valence-corrected chi connectivity index (χ2v) is 5.85. The van der Waals surface area contributed by atoms with Crippen LogP contribution < -0.4 is 5.32 Å². The van der Waals surface area contributed by atoms with Crippen molar-refractivity contribution in [1.82, 2.24) is 15.3 Å². The van der Waals surface area contributed by atoms with Gasteiger partial charge in [0.05, 0.1) is 11.2 Å². The van der Waals surface area contributed by atoms with E-state index in [9.17, 15) is 4.79 Å². The maximum atomic E-state index is 12.2. The second kappa shape index (κ2) is 6.84. The highest BCUT2D eigenvalue weighted by Crippen LogP contribution is 2.18. The minimum atomic E-state index is -0.214. The molecule has 1 amide bonds. The van der Waals surface area contributed by atoms with E-state index < -0.39 is 0 Å². The first-order valence-corrected chi connectivity index (χ1v) is 7.41. The zero-order valence-electron chi connectivity index (χ0n) is 11.9. The number of carbonyl (C=O) groups excluding carboxylic acids is 1. The molecule has 2 rings (SSSR count). The number of rotatable bonds is 4. The van der Waals surface area contributed by atoms with Gasteiger partial charge in [0.25, 0.3) is 5.91 Å². The summed E-state index contributed by atoms with van der Waals surface area (Å²) < 4.78 is 0. The third kappa shape index (κ3) is 3.79. The molecule has 4 nitrogen and oxygen atoms in total. The maximum absolute atomic E-state index is 12.2. The van der Waals surface area contributed by atoms with Crippen LogP contribution in [0.15, 0.2) is 18.3 Å². The van der Waals surface area contributed by atoms with Crippen molar-refractivity contribution in [3.05, 3.63) is 34.9 Å². The van der Waals surface area contributed by atoms with Gasteiger partial charge in [-0.15, -0.1) is 0 Å². The highest BCUT2D eigenvalue weighted by atomic mass is 35.5. The minimum absolute atomic E-state index is 0.169. The van der Waals surface area contributed by atoms with Crippen LogP contribution in [0, 0.1) is 5.92 Å². The number of nitrogens with one attached hydrogen (secondary N) is 1. The molecule has 20 heavy (non-hydrogen) atoms. The first-order chi connectivity index (χ1) is 9.58. The van der Waals surface area contributed by atoms with Crippen molar-refractivity contribution in [1.29, 1.82) is 0 Å². The molecule has 0 saturated carbocycles. The fourth-order valence-electron chi connectivity index (χ4n) is 2.18. The van der Waals surface area contributed by atoms with Crippen molar-refractivity contribution in [2.45, 2.75) is 39.0 Å². The van der Waals surface area contributed by atoms with E-state index >= 15 is 0 Å². The minimum Gasteiger partial charge on any atom is -0.350 e. The van der Waals surface area contributed by atoms with Crippen LogP contribution in [0.3, 0.4) is 0 Å². The van der Waals surface area contributed by atoms with Crippen LogP contribution in [0.25, 0.3) is 0 Å². The van der Waals surface area contributed by atoms with Crippen molar-refractivity contribution >= 4 is 17.5 Å². The molecule has 0 fully saturated rings. The van der Waals surface area contributed by atoms with E-state index in [4.69, 9.17) is 11.6 Å². The first kappa shape index (κ1) is 15.0. The maximum Gasteiger partial charge on any atom is 0.271 e. The molecule has 0 spiro atoms. The summed E-state index contributed by atoms with van der Waals surface area (Å²) >= 11 is 6.02. The fourth-order valence-corrected chi connectivity index (χ4v) is 2.36. The SMILES string of the molecule is CC(C)c1ncc(Cl)c(C(=O)NCC2CC=CCC2)n1. The summed E-state index contributed by atoms with van der Waals surface area (Å²) in [5, 5.41) is 3.23. The van der Waals surface area contributed by atoms with E-state index in [2.05, 4.69) is 27.4 Å². The van der Waals surface area contributed by atoms with Crippen LogP contribution in [0.5, 0.6) is 0 Å². The van der Waals surface area contributed by atoms with Crippen LogP contribution in [0.4, 0.5) is 0 Å². The standard InChI is InChI=1S/C15H20ClN3O/c1-10(2)14-17-9-12(16)13(19-14)15(20)18-8-11-6-4-3-5-7-11/h3-4,9-11H,5-8H2,1-2H3,(H,18,20). The molecule has 0 bridgehead atoms. The number of carbonyl (C=O) groups is 1. The van der Waals surface area contributed by atoms with Gasteiger partial charge in [-0.3, -0.25) is 4.79 Å². The van der Waals surface area contributed by atoms with E-state index in [1.165, 1.54) is 6.20 Å². The van der Waals surface area contributed by atoms with Crippen LogP contribution in [0.2, 0.25) is 5.02 Å². The highest BCUT2D eigenvalue weighted by Gasteiger charge is 2.17. The molecule has 1 unspecified atom stereocenters. The number of halogens is 1. The smallest absolute Gasteiger partial charge is 0.271 e. The highest BCUT2D eigenvalue weighted by molar-refractivity contribution is 6.33. The Hall–Kier alpha value is -1.42. The van der Waals surface area contributed by atoms with Gasteiger partial charge < -0.3 is 5.32 Å². The molecule has 1 aromatic rings. The molecule has 108 valence electrons. The van der Waals surface area contributed by atoms with Crippen molar-refractivity contribution in [3.63, 3.8) is 0 Å². The van der Waals surface area contributed by atoms with Gasteiger partial charge in [0, 0.05) is 12.5 Å². The molecule has 1 aliphatic carbocycles. The second-order valence-electron chi connectivity index (χ2n) is 5.44. The zero-order chi connectivity index (χ0) is 14.5. The van der Waals surface area contributed by atoms with Gasteiger partial charge in [-0.25, -0.2) is 9.97 Å². The molecular weight excluding hydrogens is 274 g/mol. The van der Waals surface area contributed by atoms with E-state index in [0.717, 1.165) is 19.3 Å². The Bertz CT molecular complexity index is 514. The summed E-state index contributed by atoms with van der Waals surface area (Å²) in [6.07, 6.45) is 9.10. The number of allylic oxidation sites excluding steroid dienone is 2. The first-order valence-electron chi connectivity index (χ1n) is 7.03. The molecular formula is C15H20ClN3O. The normalized spacial score (nSPS) is 18.3. The third-order valence-corrected chi connectivity index (χ3v) is 3.70. The molecule has 1 aromatic heterocycles. The van der Waals surface area contributed by atoms with E-state index in [1.54, 1.807) is 0 Å². The van der Waals surface area contributed by atoms with Crippen LogP contribution in [-0.2, 0) is 0 Å². The number of hydrogen-bond donors (Lipinski definition) is 1. The molecule has 5 heteroatoms. The predicted octanol–water partition coefficient (Wildman–Crippen LogP) is 3.34. The molecule has 1 atom stereocenters. The molecule has 0 saturated heterocycles. The number of amides is 1. The van der Waals surface area contributed by atoms with Crippen molar-refractivity contribution < 1.29 is 4.79 Å². The number of hydrogen-bond acceptors (Lipinski definition) is 3. The average molecular weight is 294 g/mol. The van der Waals surface area contributed by atoms with Gasteiger partial charge in [0.1, 0.15) is 11.5 Å². The van der Waals surface area contributed by atoms with Crippen LogP contribution >= 0.6 is 11.6 Å². The summed E-state index contributed by atoms with van der Waals surface area (Å²) in [6.45, 7) is 4.64. The van der Waals surface area contributed by atoms with E-state index in [0.29, 0.717) is 23.3 Å². The van der Waals surface area contributed by atoms with Gasteiger partial charge >= 0.3 is 0 Å². The van der Waals surface area contributed by atoms with E-state index in [-0.39, 0.29) is 17.5 Å². The summed E-state index contributed by atoms with van der Waals surface area (Å²) in [7, 11) is 0. The Kier molecular flexibility index (Phi) is 5.12. The van der Waals surface area contributed by atoms with Crippen molar-refractivity contribution in [2.24, 2.45) is 5.92 Å². The number of nitrogens with zero attached hydrogens (tertiary/aromatic N) is 2. The summed E-state index contributed by atoms with van der Waals surface area (Å²) in [4.78, 5) is 20.6. The lowest BCUT2D eigenvalue weighted by molar-refractivity contribution is 0.0941. The van der Waals surface area contributed by atoms with E-state index in [1.807, 2.05) is 13.8 Å². The van der Waals surface area contributed by atoms with Gasteiger partial charge in [-0.2, -0.15) is 0 Å². The molecule has 1 aliphatic rings. The third-order valence-electron chi connectivity index (χ3n) is 3.42. The summed E-state index contributed by atoms with van der Waals surface area (Å²) in [6, 6.07) is 0. The molecule has 0 aromatic carbocycles. The monoisotopic (exact) mass is 293 g/mol. The van der Waals surface area contributed by atoms with Gasteiger partial charge in [-0.1, -0.05) is 37.6 Å². The lowest BCUT2D eigenvalue weighted by Gasteiger charge is -2.18. The molecule has 1 heterocycles. The lowest BCUT2D eigenvalue weighted by Crippen LogP contribution is -2.30. The summed E-state index contributed by atoms with van der Waals surface area (Å²) in [5.74, 6) is 1.10. The van der Waals surface area contributed by atoms with Crippen LogP contribution in [-0.4, -0.2) is 22.4 Å². The van der Waals surface area contributed by atoms with Gasteiger partial charge in [0.2, 0.25) is 0 Å². The van der Waals surface area contributed by atoms with Crippen LogP contribution in [0.1, 0.15) is 55.3 Å². The molecule has 1 N–H and O–H groups in total. The molecule has 0 radical (unpaired) electrons. The van der Waals surface area contributed by atoms with Crippen molar-refractivity contribution in [2.75, 3.05) is 6.54 Å². The van der Waals surface area contributed by atoms with Crippen molar-refractivity contribution in [3.8, 4) is 0 Å². The topological polar surface area (TPSA) is 54.9 Å². The Morgan fingerprint density at radius 3 is 2.95 bits per heavy atom. The van der Waals surface area contributed by atoms with Gasteiger partial charge in [-0.05, 0) is 25.2 Å². The lowest BCUT2D eigenvalue weighted by atomic mass is 9.94. The Morgan fingerprint density at radius 1 is 1.50 bits per heavy atom. The molecule has 0 aliphatic heterocycles. The summed E-state index contributed by atoms with van der Waals surface area (Å²) in [5.41, 5.74) is 0.275. The zero-order valence-corrected chi connectivity index (χ0v) is 12.7. The number of aromatic nitrogens is 2. The Morgan fingerprint density at radius 2 is 2.30 bits per heavy atom. The van der Waals surface area contributed by atoms with Gasteiger partial charge in [0.15, 0.2) is 0 Å².